The highest BCUT2D eigenvalue weighted by molar-refractivity contribution is 5.78. The van der Waals surface area contributed by atoms with Gasteiger partial charge in [-0.3, -0.25) is 0 Å². The Morgan fingerprint density at radius 3 is 2.37 bits per heavy atom. The number of aliphatic hydroxyl groups excluding tert-OH is 1. The molecule has 106 valence electrons. The van der Waals surface area contributed by atoms with Crippen LogP contribution in [0.2, 0.25) is 0 Å². The van der Waals surface area contributed by atoms with Crippen LogP contribution < -0.4 is 4.74 Å². The van der Waals surface area contributed by atoms with Gasteiger partial charge in [0, 0.05) is 12.5 Å². The van der Waals surface area contributed by atoms with Crippen molar-refractivity contribution in [1.82, 2.24) is 0 Å². The lowest BCUT2D eigenvalue weighted by atomic mass is 9.96. The molecule has 0 aromatic heterocycles. The zero-order valence-corrected chi connectivity index (χ0v) is 11.2. The molecule has 0 spiro atoms. The third-order valence-corrected chi connectivity index (χ3v) is 2.79. The molecule has 1 N–H and O–H groups in total. The molecule has 4 nitrogen and oxygen atoms in total. The Bertz CT molecular complexity index is 480. The van der Waals surface area contributed by atoms with Crippen LogP contribution in [0, 0.1) is 6.92 Å². The second-order valence-corrected chi connectivity index (χ2v) is 4.19. The Kier molecular flexibility index (Phi) is 4.47. The first-order valence-electron chi connectivity index (χ1n) is 5.55. The number of alkyl halides is 2. The SMILES string of the molecule is COC(=O)C(O)c1c(C)ccc(C(C)(F)F)c1OC. The van der Waals surface area contributed by atoms with E-state index in [0.29, 0.717) is 12.5 Å². The molecule has 1 unspecified atom stereocenters. The van der Waals surface area contributed by atoms with Crippen LogP contribution in [0.5, 0.6) is 5.75 Å². The molecule has 0 amide bonds. The first-order valence-corrected chi connectivity index (χ1v) is 5.55. The van der Waals surface area contributed by atoms with E-state index in [1.807, 2.05) is 0 Å². The van der Waals surface area contributed by atoms with Gasteiger partial charge in [0.15, 0.2) is 6.10 Å². The molecule has 0 fully saturated rings. The minimum atomic E-state index is -3.15. The molecule has 1 aromatic carbocycles. The van der Waals surface area contributed by atoms with Crippen LogP contribution in [0.25, 0.3) is 0 Å². The van der Waals surface area contributed by atoms with Crippen LogP contribution in [-0.4, -0.2) is 25.3 Å². The van der Waals surface area contributed by atoms with E-state index in [1.165, 1.54) is 19.2 Å². The average molecular weight is 274 g/mol. The van der Waals surface area contributed by atoms with Gasteiger partial charge in [0.1, 0.15) is 5.75 Å². The Labute approximate surface area is 109 Å². The van der Waals surface area contributed by atoms with E-state index in [4.69, 9.17) is 4.74 Å². The van der Waals surface area contributed by atoms with Crippen molar-refractivity contribution in [2.24, 2.45) is 0 Å². The van der Waals surface area contributed by atoms with Crippen molar-refractivity contribution < 1.29 is 28.2 Å². The van der Waals surface area contributed by atoms with E-state index in [9.17, 15) is 18.7 Å². The maximum atomic E-state index is 13.5. The third-order valence-electron chi connectivity index (χ3n) is 2.79. The van der Waals surface area contributed by atoms with Gasteiger partial charge in [0.2, 0.25) is 0 Å². The molecule has 0 heterocycles. The van der Waals surface area contributed by atoms with E-state index in [1.54, 1.807) is 6.92 Å². The Morgan fingerprint density at radius 1 is 1.37 bits per heavy atom. The summed E-state index contributed by atoms with van der Waals surface area (Å²) < 4.78 is 36.3. The van der Waals surface area contributed by atoms with Crippen LogP contribution in [0.15, 0.2) is 12.1 Å². The van der Waals surface area contributed by atoms with Crippen molar-refractivity contribution in [2.45, 2.75) is 25.9 Å². The molecule has 0 aliphatic carbocycles. The van der Waals surface area contributed by atoms with Gasteiger partial charge in [-0.2, -0.15) is 0 Å². The highest BCUT2D eigenvalue weighted by Crippen LogP contribution is 2.40. The number of halogens is 2. The molecule has 19 heavy (non-hydrogen) atoms. The Morgan fingerprint density at radius 2 is 1.95 bits per heavy atom. The van der Waals surface area contributed by atoms with Gasteiger partial charge >= 0.3 is 5.97 Å². The summed E-state index contributed by atoms with van der Waals surface area (Å²) in [5.74, 6) is -4.28. The second-order valence-electron chi connectivity index (χ2n) is 4.19. The first kappa shape index (κ1) is 15.4. The molecule has 1 aromatic rings. The minimum absolute atomic E-state index is 0.00613. The molecular formula is C13H16F2O4. The number of rotatable bonds is 4. The molecule has 0 bridgehead atoms. The fourth-order valence-electron chi connectivity index (χ4n) is 1.83. The van der Waals surface area contributed by atoms with Crippen LogP contribution in [0.1, 0.15) is 29.7 Å². The quantitative estimate of drug-likeness (QED) is 0.856. The highest BCUT2D eigenvalue weighted by atomic mass is 19.3. The largest absolute Gasteiger partial charge is 0.496 e. The highest BCUT2D eigenvalue weighted by Gasteiger charge is 2.33. The van der Waals surface area contributed by atoms with E-state index in [2.05, 4.69) is 4.74 Å². The van der Waals surface area contributed by atoms with Gasteiger partial charge in [0.05, 0.1) is 19.8 Å². The summed E-state index contributed by atoms with van der Waals surface area (Å²) in [7, 11) is 2.31. The molecule has 6 heteroatoms. The van der Waals surface area contributed by atoms with Gasteiger partial charge in [-0.25, -0.2) is 13.6 Å². The van der Waals surface area contributed by atoms with Crippen molar-refractivity contribution in [3.05, 3.63) is 28.8 Å². The Hall–Kier alpha value is -1.69. The molecule has 1 rings (SSSR count). The predicted molar refractivity (Wildman–Crippen MR) is 64.3 cm³/mol. The lowest BCUT2D eigenvalue weighted by Crippen LogP contribution is -2.18. The molecule has 0 aliphatic heterocycles. The molecule has 1 atom stereocenters. The van der Waals surface area contributed by atoms with Crippen molar-refractivity contribution in [1.29, 1.82) is 0 Å². The molecule has 0 radical (unpaired) electrons. The van der Waals surface area contributed by atoms with Crippen LogP contribution >= 0.6 is 0 Å². The Balaban J connectivity index is 3.50. The summed E-state index contributed by atoms with van der Waals surface area (Å²) in [6.07, 6.45) is -1.66. The normalized spacial score (nSPS) is 13.0. The van der Waals surface area contributed by atoms with Crippen molar-refractivity contribution in [3.8, 4) is 5.75 Å². The number of esters is 1. The minimum Gasteiger partial charge on any atom is -0.496 e. The number of aryl methyl sites for hydroxylation is 1. The molecule has 0 aliphatic rings. The monoisotopic (exact) mass is 274 g/mol. The molecular weight excluding hydrogens is 258 g/mol. The smallest absolute Gasteiger partial charge is 0.339 e. The van der Waals surface area contributed by atoms with Gasteiger partial charge in [0.25, 0.3) is 5.92 Å². The maximum absolute atomic E-state index is 13.5. The molecule has 0 saturated carbocycles. The van der Waals surface area contributed by atoms with Crippen molar-refractivity contribution in [3.63, 3.8) is 0 Å². The second kappa shape index (κ2) is 5.52. The predicted octanol–water partition coefficient (Wildman–Crippen LogP) is 2.32. The number of benzene rings is 1. The van der Waals surface area contributed by atoms with E-state index < -0.39 is 23.6 Å². The van der Waals surface area contributed by atoms with Crippen LogP contribution in [-0.2, 0) is 15.5 Å². The fourth-order valence-corrected chi connectivity index (χ4v) is 1.83. The number of carbonyl (C=O) groups is 1. The van der Waals surface area contributed by atoms with Gasteiger partial charge < -0.3 is 14.6 Å². The summed E-state index contributed by atoms with van der Waals surface area (Å²) in [4.78, 5) is 11.4. The number of aliphatic hydroxyl groups is 1. The van der Waals surface area contributed by atoms with Crippen LogP contribution in [0.4, 0.5) is 8.78 Å². The number of methoxy groups -OCH3 is 2. The summed E-state index contributed by atoms with van der Waals surface area (Å²) in [6.45, 7) is 2.30. The standard InChI is InChI=1S/C13H16F2O4/c1-7-5-6-8(13(2,14)15)11(18-3)9(7)10(16)12(17)19-4/h5-6,10,16H,1-4H3. The van der Waals surface area contributed by atoms with E-state index in [0.717, 1.165) is 7.11 Å². The topological polar surface area (TPSA) is 55.8 Å². The number of hydrogen-bond donors (Lipinski definition) is 1. The van der Waals surface area contributed by atoms with E-state index in [-0.39, 0.29) is 11.3 Å². The first-order chi connectivity index (χ1) is 8.73. The average Bonchev–Trinajstić information content (AvgIpc) is 2.34. The number of ether oxygens (including phenoxy) is 2. The summed E-state index contributed by atoms with van der Waals surface area (Å²) in [6, 6.07) is 2.61. The summed E-state index contributed by atoms with van der Waals surface area (Å²) in [5, 5.41) is 9.87. The summed E-state index contributed by atoms with van der Waals surface area (Å²) >= 11 is 0. The van der Waals surface area contributed by atoms with Gasteiger partial charge in [-0.15, -0.1) is 0 Å². The number of carbonyl (C=O) groups excluding carboxylic acids is 1. The van der Waals surface area contributed by atoms with Crippen molar-refractivity contribution >= 4 is 5.97 Å². The van der Waals surface area contributed by atoms with E-state index >= 15 is 0 Å². The zero-order chi connectivity index (χ0) is 14.8. The number of hydrogen-bond acceptors (Lipinski definition) is 4. The third kappa shape index (κ3) is 3.01. The van der Waals surface area contributed by atoms with Crippen LogP contribution in [0.3, 0.4) is 0 Å². The van der Waals surface area contributed by atoms with Gasteiger partial charge in [-0.1, -0.05) is 6.07 Å². The lowest BCUT2D eigenvalue weighted by Gasteiger charge is -2.21. The molecule has 0 saturated heterocycles. The zero-order valence-electron chi connectivity index (χ0n) is 11.2. The maximum Gasteiger partial charge on any atom is 0.339 e. The summed E-state index contributed by atoms with van der Waals surface area (Å²) in [5.41, 5.74) is 0.0645. The lowest BCUT2D eigenvalue weighted by molar-refractivity contribution is -0.150. The van der Waals surface area contributed by atoms with Crippen molar-refractivity contribution in [2.75, 3.05) is 14.2 Å². The van der Waals surface area contributed by atoms with Gasteiger partial charge in [-0.05, 0) is 18.6 Å². The fraction of sp³-hybridized carbons (Fsp3) is 0.462.